The summed E-state index contributed by atoms with van der Waals surface area (Å²) in [5.41, 5.74) is -0.0554. The van der Waals surface area contributed by atoms with Gasteiger partial charge in [0.25, 0.3) is 0 Å². The van der Waals surface area contributed by atoms with Gasteiger partial charge in [-0.05, 0) is 23.8 Å². The van der Waals surface area contributed by atoms with Crippen molar-refractivity contribution >= 4 is 40.9 Å². The van der Waals surface area contributed by atoms with Crippen LogP contribution in [0.15, 0.2) is 41.6 Å². The third-order valence-corrected chi connectivity index (χ3v) is 4.73. The molecule has 2 rings (SSSR count). The molecule has 2 aromatic rings. The van der Waals surface area contributed by atoms with E-state index in [4.69, 9.17) is 23.2 Å². The number of rotatable bonds is 6. The lowest BCUT2D eigenvalue weighted by Gasteiger charge is -2.09. The van der Waals surface area contributed by atoms with Crippen LogP contribution in [0.4, 0.5) is 13.2 Å². The number of amides is 1. The molecule has 1 aromatic carbocycles. The van der Waals surface area contributed by atoms with Crippen LogP contribution in [0.25, 0.3) is 0 Å². The van der Waals surface area contributed by atoms with E-state index in [0.717, 1.165) is 17.8 Å². The molecule has 0 aliphatic heterocycles. The number of thioether (sulfide) groups is 1. The SMILES string of the molecule is O=C(Cc1ccc(Cl)cc1)NCCSc1ncc(C(F)(F)F)cc1Cl. The minimum absolute atomic E-state index is 0.0627. The van der Waals surface area contributed by atoms with E-state index in [9.17, 15) is 18.0 Å². The first-order valence-electron chi connectivity index (χ1n) is 7.12. The Kier molecular flexibility index (Phi) is 6.98. The second-order valence-electron chi connectivity index (χ2n) is 5.01. The van der Waals surface area contributed by atoms with E-state index in [1.54, 1.807) is 24.3 Å². The Balaban J connectivity index is 1.77. The molecule has 3 nitrogen and oxygen atoms in total. The third kappa shape index (κ3) is 6.41. The van der Waals surface area contributed by atoms with Crippen LogP contribution in [0, 0.1) is 0 Å². The molecule has 0 spiro atoms. The fourth-order valence-electron chi connectivity index (χ4n) is 1.87. The molecule has 1 heterocycles. The number of nitrogens with one attached hydrogen (secondary N) is 1. The molecule has 0 aliphatic rings. The molecule has 134 valence electrons. The molecule has 25 heavy (non-hydrogen) atoms. The molecule has 0 bridgehead atoms. The topological polar surface area (TPSA) is 42.0 Å². The number of hydrogen-bond acceptors (Lipinski definition) is 3. The van der Waals surface area contributed by atoms with Gasteiger partial charge in [-0.1, -0.05) is 35.3 Å². The number of pyridine rings is 1. The van der Waals surface area contributed by atoms with Crippen LogP contribution >= 0.6 is 35.0 Å². The summed E-state index contributed by atoms with van der Waals surface area (Å²) in [4.78, 5) is 15.5. The molecule has 0 saturated carbocycles. The molecule has 0 unspecified atom stereocenters. The molecule has 0 saturated heterocycles. The largest absolute Gasteiger partial charge is 0.417 e. The van der Waals surface area contributed by atoms with Gasteiger partial charge in [-0.15, -0.1) is 11.8 Å². The van der Waals surface area contributed by atoms with Gasteiger partial charge in [0, 0.05) is 23.5 Å². The summed E-state index contributed by atoms with van der Waals surface area (Å²) in [6.45, 7) is 0.343. The average molecular weight is 409 g/mol. The highest BCUT2D eigenvalue weighted by atomic mass is 35.5. The van der Waals surface area contributed by atoms with Crippen molar-refractivity contribution in [2.45, 2.75) is 17.6 Å². The van der Waals surface area contributed by atoms with E-state index in [0.29, 0.717) is 22.3 Å². The number of carbonyl (C=O) groups is 1. The quantitative estimate of drug-likeness (QED) is 0.548. The van der Waals surface area contributed by atoms with E-state index in [2.05, 4.69) is 10.3 Å². The molecular formula is C16H13Cl2F3N2OS. The summed E-state index contributed by atoms with van der Waals surface area (Å²) >= 11 is 12.8. The van der Waals surface area contributed by atoms with E-state index in [1.165, 1.54) is 11.8 Å². The fraction of sp³-hybridized carbons (Fsp3) is 0.250. The van der Waals surface area contributed by atoms with Crippen molar-refractivity contribution in [2.75, 3.05) is 12.3 Å². The van der Waals surface area contributed by atoms with Gasteiger partial charge < -0.3 is 5.32 Å². The number of alkyl halides is 3. The third-order valence-electron chi connectivity index (χ3n) is 3.08. The van der Waals surface area contributed by atoms with Crippen LogP contribution in [0.2, 0.25) is 10.0 Å². The van der Waals surface area contributed by atoms with E-state index in [1.807, 2.05) is 0 Å². The van der Waals surface area contributed by atoms with Crippen molar-refractivity contribution in [2.24, 2.45) is 0 Å². The molecule has 0 atom stereocenters. The van der Waals surface area contributed by atoms with E-state index >= 15 is 0 Å². The first-order valence-corrected chi connectivity index (χ1v) is 8.86. The lowest BCUT2D eigenvalue weighted by molar-refractivity contribution is -0.137. The second kappa shape index (κ2) is 8.78. The zero-order valence-corrected chi connectivity index (χ0v) is 15.1. The summed E-state index contributed by atoms with van der Waals surface area (Å²) in [6.07, 6.45) is -3.51. The van der Waals surface area contributed by atoms with Crippen molar-refractivity contribution in [3.63, 3.8) is 0 Å². The number of halogens is 5. The average Bonchev–Trinajstić information content (AvgIpc) is 2.54. The highest BCUT2D eigenvalue weighted by Gasteiger charge is 2.31. The Morgan fingerprint density at radius 2 is 1.88 bits per heavy atom. The van der Waals surface area contributed by atoms with Crippen molar-refractivity contribution in [3.05, 3.63) is 57.7 Å². The number of carbonyl (C=O) groups excluding carboxylic acids is 1. The highest BCUT2D eigenvalue weighted by Crippen LogP contribution is 2.33. The Morgan fingerprint density at radius 1 is 1.20 bits per heavy atom. The summed E-state index contributed by atoms with van der Waals surface area (Å²) in [7, 11) is 0. The molecule has 1 N–H and O–H groups in total. The maximum absolute atomic E-state index is 12.5. The predicted octanol–water partition coefficient (Wildman–Crippen LogP) is 4.86. The van der Waals surface area contributed by atoms with E-state index < -0.39 is 11.7 Å². The molecule has 1 amide bonds. The monoisotopic (exact) mass is 408 g/mol. The second-order valence-corrected chi connectivity index (χ2v) is 6.94. The zero-order valence-electron chi connectivity index (χ0n) is 12.7. The summed E-state index contributed by atoms with van der Waals surface area (Å²) in [6, 6.07) is 7.79. The van der Waals surface area contributed by atoms with Gasteiger partial charge in [0.05, 0.1) is 17.0 Å². The standard InChI is InChI=1S/C16H13Cl2F3N2OS/c17-12-3-1-10(2-4-12)7-14(24)22-5-6-25-15-13(18)8-11(9-23-15)16(19,20)21/h1-4,8-9H,5-7H2,(H,22,24). The number of benzene rings is 1. The van der Waals surface area contributed by atoms with E-state index in [-0.39, 0.29) is 17.4 Å². The summed E-state index contributed by atoms with van der Waals surface area (Å²) < 4.78 is 37.6. The first kappa shape index (κ1) is 19.9. The number of aromatic nitrogens is 1. The number of nitrogens with zero attached hydrogens (tertiary/aromatic N) is 1. The molecule has 9 heteroatoms. The van der Waals surface area contributed by atoms with Gasteiger partial charge in [0.2, 0.25) is 5.91 Å². The van der Waals surface area contributed by atoms with Crippen molar-refractivity contribution in [1.29, 1.82) is 0 Å². The zero-order chi connectivity index (χ0) is 18.4. The summed E-state index contributed by atoms with van der Waals surface area (Å²) in [5.74, 6) is 0.277. The number of hydrogen-bond donors (Lipinski definition) is 1. The maximum atomic E-state index is 12.5. The Bertz CT molecular complexity index is 739. The minimum Gasteiger partial charge on any atom is -0.355 e. The van der Waals surface area contributed by atoms with Gasteiger partial charge >= 0.3 is 6.18 Å². The first-order chi connectivity index (χ1) is 11.8. The highest BCUT2D eigenvalue weighted by molar-refractivity contribution is 7.99. The van der Waals surface area contributed by atoms with Crippen molar-refractivity contribution in [1.82, 2.24) is 10.3 Å². The van der Waals surface area contributed by atoms with Crippen LogP contribution in [0.3, 0.4) is 0 Å². The Morgan fingerprint density at radius 3 is 2.48 bits per heavy atom. The van der Waals surface area contributed by atoms with Gasteiger partial charge in [-0.2, -0.15) is 13.2 Å². The van der Waals surface area contributed by atoms with Gasteiger partial charge in [0.1, 0.15) is 5.03 Å². The predicted molar refractivity (Wildman–Crippen MR) is 93.1 cm³/mol. The van der Waals surface area contributed by atoms with Gasteiger partial charge in [-0.3, -0.25) is 4.79 Å². The molecule has 0 fully saturated rings. The molecular weight excluding hydrogens is 396 g/mol. The van der Waals surface area contributed by atoms with Gasteiger partial charge in [-0.25, -0.2) is 4.98 Å². The summed E-state index contributed by atoms with van der Waals surface area (Å²) in [5, 5.41) is 3.56. The molecule has 1 aromatic heterocycles. The van der Waals surface area contributed by atoms with Crippen molar-refractivity contribution in [3.8, 4) is 0 Å². The molecule has 0 radical (unpaired) electrons. The Hall–Kier alpha value is -1.44. The lowest BCUT2D eigenvalue weighted by atomic mass is 10.1. The van der Waals surface area contributed by atoms with Crippen LogP contribution in [0.5, 0.6) is 0 Å². The normalized spacial score (nSPS) is 11.4. The van der Waals surface area contributed by atoms with Crippen LogP contribution < -0.4 is 5.32 Å². The van der Waals surface area contributed by atoms with Gasteiger partial charge in [0.15, 0.2) is 0 Å². The minimum atomic E-state index is -4.48. The molecule has 0 aliphatic carbocycles. The van der Waals surface area contributed by atoms with Crippen LogP contribution in [0.1, 0.15) is 11.1 Å². The van der Waals surface area contributed by atoms with Crippen LogP contribution in [-0.2, 0) is 17.4 Å². The Labute approximate surface area is 156 Å². The smallest absolute Gasteiger partial charge is 0.355 e. The van der Waals surface area contributed by atoms with Crippen molar-refractivity contribution < 1.29 is 18.0 Å². The fourth-order valence-corrected chi connectivity index (χ4v) is 3.05. The lowest BCUT2D eigenvalue weighted by Crippen LogP contribution is -2.27. The maximum Gasteiger partial charge on any atom is 0.417 e. The van der Waals surface area contributed by atoms with Crippen LogP contribution in [-0.4, -0.2) is 23.2 Å².